The lowest BCUT2D eigenvalue weighted by atomic mass is 9.86. The first-order chi connectivity index (χ1) is 12.1. The van der Waals surface area contributed by atoms with Gasteiger partial charge in [0.05, 0.1) is 12.5 Å². The van der Waals surface area contributed by atoms with Crippen molar-refractivity contribution in [2.45, 2.75) is 32.2 Å². The van der Waals surface area contributed by atoms with Gasteiger partial charge in [0.2, 0.25) is 0 Å². The molecule has 2 N–H and O–H groups in total. The summed E-state index contributed by atoms with van der Waals surface area (Å²) >= 11 is 0. The maximum Gasteiger partial charge on any atom is 0.267 e. The number of nitrogens with zero attached hydrogens (tertiary/aromatic N) is 1. The van der Waals surface area contributed by atoms with Crippen molar-refractivity contribution < 1.29 is 4.74 Å². The fraction of sp³-hybridized carbons (Fsp3) is 0.286. The lowest BCUT2D eigenvalue weighted by Crippen LogP contribution is -2.29. The van der Waals surface area contributed by atoms with Crippen molar-refractivity contribution in [3.8, 4) is 11.4 Å². The number of rotatable bonds is 3. The number of hydrogen-bond donors (Lipinski definition) is 1. The molecule has 1 aliphatic carbocycles. The lowest BCUT2D eigenvalue weighted by Gasteiger charge is -2.26. The topological polar surface area (TPSA) is 57.2 Å². The Morgan fingerprint density at radius 3 is 2.52 bits per heavy atom. The van der Waals surface area contributed by atoms with Gasteiger partial charge in [-0.3, -0.25) is 9.36 Å². The maximum atomic E-state index is 13.5. The Morgan fingerprint density at radius 1 is 1.08 bits per heavy atom. The van der Waals surface area contributed by atoms with Crippen LogP contribution >= 0.6 is 0 Å². The van der Waals surface area contributed by atoms with Crippen LogP contribution in [-0.4, -0.2) is 11.7 Å². The smallest absolute Gasteiger partial charge is 0.267 e. The Morgan fingerprint density at radius 2 is 1.84 bits per heavy atom. The van der Waals surface area contributed by atoms with E-state index in [0.29, 0.717) is 11.1 Å². The van der Waals surface area contributed by atoms with Gasteiger partial charge < -0.3 is 10.5 Å². The zero-order valence-electron chi connectivity index (χ0n) is 14.6. The molecule has 3 aromatic rings. The number of benzene rings is 2. The Bertz CT molecular complexity index is 1000. The Labute approximate surface area is 146 Å². The molecule has 4 nitrogen and oxygen atoms in total. The molecular weight excluding hydrogens is 312 g/mol. The first-order valence-electron chi connectivity index (χ1n) is 8.72. The fourth-order valence-corrected chi connectivity index (χ4v) is 4.07. The van der Waals surface area contributed by atoms with E-state index < -0.39 is 0 Å². The van der Waals surface area contributed by atoms with Crippen LogP contribution in [0.5, 0.6) is 5.75 Å². The van der Waals surface area contributed by atoms with Gasteiger partial charge in [0.1, 0.15) is 5.75 Å². The predicted octanol–water partition coefficient (Wildman–Crippen LogP) is 3.51. The third-order valence-corrected chi connectivity index (χ3v) is 5.06. The van der Waals surface area contributed by atoms with Crippen LogP contribution in [0, 0.1) is 0 Å². The number of aromatic nitrogens is 1. The minimum absolute atomic E-state index is 0.0575. The van der Waals surface area contributed by atoms with Crippen molar-refractivity contribution in [1.29, 1.82) is 0 Å². The molecule has 0 amide bonds. The molecule has 1 heterocycles. The molecule has 4 rings (SSSR count). The number of aryl methyl sites for hydroxylation is 2. The van der Waals surface area contributed by atoms with Crippen molar-refractivity contribution in [2.24, 2.45) is 5.73 Å². The average molecular weight is 334 g/mol. The number of para-hydroxylation sites is 1. The second-order valence-electron chi connectivity index (χ2n) is 6.66. The molecule has 0 spiro atoms. The van der Waals surface area contributed by atoms with Crippen LogP contribution in [0.15, 0.2) is 47.3 Å². The van der Waals surface area contributed by atoms with E-state index in [4.69, 9.17) is 10.5 Å². The normalized spacial score (nSPS) is 14.5. The number of methoxy groups -OCH3 is 1. The van der Waals surface area contributed by atoms with E-state index in [0.717, 1.165) is 36.0 Å². The second kappa shape index (κ2) is 6.05. The van der Waals surface area contributed by atoms with Gasteiger partial charge in [-0.05, 0) is 60.9 Å². The summed E-state index contributed by atoms with van der Waals surface area (Å²) < 4.78 is 7.31. The van der Waals surface area contributed by atoms with E-state index in [9.17, 15) is 4.79 Å². The molecule has 1 atom stereocenters. The summed E-state index contributed by atoms with van der Waals surface area (Å²) in [6.45, 7) is 1.95. The Kier molecular flexibility index (Phi) is 3.85. The molecular formula is C21H22N2O2. The highest BCUT2D eigenvalue weighted by atomic mass is 16.5. The summed E-state index contributed by atoms with van der Waals surface area (Å²) in [5, 5.41) is 1.72. The van der Waals surface area contributed by atoms with Crippen LogP contribution in [0.2, 0.25) is 0 Å². The van der Waals surface area contributed by atoms with Crippen LogP contribution in [0.25, 0.3) is 16.5 Å². The van der Waals surface area contributed by atoms with Gasteiger partial charge in [0.25, 0.3) is 5.56 Å². The molecule has 128 valence electrons. The van der Waals surface area contributed by atoms with E-state index >= 15 is 0 Å². The number of ether oxygens (including phenoxy) is 1. The third-order valence-electron chi connectivity index (χ3n) is 5.06. The summed E-state index contributed by atoms with van der Waals surface area (Å²) in [7, 11) is 1.62. The van der Waals surface area contributed by atoms with E-state index in [1.54, 1.807) is 11.7 Å². The quantitative estimate of drug-likeness (QED) is 0.797. The standard InChI is InChI=1S/C21H22N2O2/c1-13(22)20-16-10-6-7-14-11-12-17(25-2)19(18(14)16)21(24)23(20)15-8-4-3-5-9-15/h3-5,8-9,11-13H,6-7,10,22H2,1-2H3/t13-/m0/s1. The minimum atomic E-state index is -0.232. The van der Waals surface area contributed by atoms with Gasteiger partial charge >= 0.3 is 0 Å². The van der Waals surface area contributed by atoms with Crippen molar-refractivity contribution in [1.82, 2.24) is 4.57 Å². The first kappa shape index (κ1) is 15.9. The highest BCUT2D eigenvalue weighted by Gasteiger charge is 2.26. The summed E-state index contributed by atoms with van der Waals surface area (Å²) in [6, 6.07) is 13.5. The molecule has 0 saturated heterocycles. The van der Waals surface area contributed by atoms with Gasteiger partial charge in [-0.25, -0.2) is 0 Å². The van der Waals surface area contributed by atoms with E-state index in [-0.39, 0.29) is 11.6 Å². The molecule has 4 heteroatoms. The van der Waals surface area contributed by atoms with Crippen molar-refractivity contribution in [2.75, 3.05) is 7.11 Å². The molecule has 1 aromatic heterocycles. The van der Waals surface area contributed by atoms with E-state index in [1.165, 1.54) is 11.1 Å². The molecule has 0 aliphatic heterocycles. The van der Waals surface area contributed by atoms with E-state index in [1.807, 2.05) is 43.3 Å². The molecule has 0 fully saturated rings. The molecule has 0 radical (unpaired) electrons. The lowest BCUT2D eigenvalue weighted by molar-refractivity contribution is 0.419. The van der Waals surface area contributed by atoms with Gasteiger partial charge in [-0.2, -0.15) is 0 Å². The monoisotopic (exact) mass is 334 g/mol. The third kappa shape index (κ3) is 2.36. The van der Waals surface area contributed by atoms with Crippen molar-refractivity contribution in [3.05, 3.63) is 69.6 Å². The predicted molar refractivity (Wildman–Crippen MR) is 101 cm³/mol. The molecule has 0 bridgehead atoms. The highest BCUT2D eigenvalue weighted by molar-refractivity contribution is 5.94. The second-order valence-corrected chi connectivity index (χ2v) is 6.66. The van der Waals surface area contributed by atoms with Gasteiger partial charge in [-0.1, -0.05) is 24.3 Å². The molecule has 25 heavy (non-hydrogen) atoms. The number of pyridine rings is 1. The maximum absolute atomic E-state index is 13.5. The SMILES string of the molecule is COc1ccc2c3c(c([C@H](C)N)n(-c4ccccc4)c(=O)c13)CCC2. The molecule has 0 unspecified atom stereocenters. The van der Waals surface area contributed by atoms with Gasteiger partial charge in [0.15, 0.2) is 0 Å². The largest absolute Gasteiger partial charge is 0.496 e. The number of hydrogen-bond acceptors (Lipinski definition) is 3. The zero-order valence-corrected chi connectivity index (χ0v) is 14.6. The fourth-order valence-electron chi connectivity index (χ4n) is 4.07. The average Bonchev–Trinajstić information content (AvgIpc) is 2.64. The molecule has 0 saturated carbocycles. The van der Waals surface area contributed by atoms with Crippen molar-refractivity contribution in [3.63, 3.8) is 0 Å². The van der Waals surface area contributed by atoms with Crippen LogP contribution < -0.4 is 16.0 Å². The van der Waals surface area contributed by atoms with Crippen LogP contribution in [0.3, 0.4) is 0 Å². The van der Waals surface area contributed by atoms with E-state index in [2.05, 4.69) is 6.07 Å². The minimum Gasteiger partial charge on any atom is -0.496 e. The highest BCUT2D eigenvalue weighted by Crippen LogP contribution is 2.37. The summed E-state index contributed by atoms with van der Waals surface area (Å²) in [4.78, 5) is 13.5. The summed E-state index contributed by atoms with van der Waals surface area (Å²) in [5.74, 6) is 0.632. The van der Waals surface area contributed by atoms with Gasteiger partial charge in [-0.15, -0.1) is 0 Å². The van der Waals surface area contributed by atoms with Gasteiger partial charge in [0, 0.05) is 17.4 Å². The van der Waals surface area contributed by atoms with Crippen molar-refractivity contribution >= 4 is 10.8 Å². The molecule has 2 aromatic carbocycles. The zero-order chi connectivity index (χ0) is 17.6. The van der Waals surface area contributed by atoms with Crippen LogP contribution in [0.4, 0.5) is 0 Å². The Balaban J connectivity index is 2.24. The molecule has 1 aliphatic rings. The summed E-state index contributed by atoms with van der Waals surface area (Å²) in [5.41, 5.74) is 10.4. The van der Waals surface area contributed by atoms with Crippen LogP contribution in [-0.2, 0) is 12.8 Å². The number of nitrogens with two attached hydrogens (primary N) is 1. The first-order valence-corrected chi connectivity index (χ1v) is 8.72. The summed E-state index contributed by atoms with van der Waals surface area (Å²) in [6.07, 6.45) is 2.99. The Hall–Kier alpha value is -2.59. The van der Waals surface area contributed by atoms with Crippen LogP contribution in [0.1, 0.15) is 36.2 Å².